The summed E-state index contributed by atoms with van der Waals surface area (Å²) in [5.41, 5.74) is 0. The summed E-state index contributed by atoms with van der Waals surface area (Å²) in [6, 6.07) is 3.90. The van der Waals surface area contributed by atoms with E-state index in [0.29, 0.717) is 12.5 Å². The first-order chi connectivity index (χ1) is 7.15. The topological polar surface area (TPSA) is 52.5 Å². The zero-order valence-electron chi connectivity index (χ0n) is 9.18. The Hall–Kier alpha value is -0.420. The second kappa shape index (κ2) is 6.23. The van der Waals surface area contributed by atoms with Crippen LogP contribution in [0.5, 0.6) is 0 Å². The molecule has 1 aromatic rings. The van der Waals surface area contributed by atoms with Gasteiger partial charge in [-0.1, -0.05) is 19.9 Å². The highest BCUT2D eigenvalue weighted by Crippen LogP contribution is 2.18. The summed E-state index contributed by atoms with van der Waals surface area (Å²) >= 11 is 1.55. The van der Waals surface area contributed by atoms with Crippen LogP contribution in [0.1, 0.15) is 24.8 Å². The Morgan fingerprint density at radius 1 is 1.47 bits per heavy atom. The Morgan fingerprint density at radius 3 is 2.67 bits per heavy atom. The molecule has 1 heterocycles. The lowest BCUT2D eigenvalue weighted by Gasteiger charge is -2.21. The van der Waals surface area contributed by atoms with Crippen LogP contribution < -0.4 is 5.32 Å². The maximum Gasteiger partial charge on any atom is 0.101 e. The highest BCUT2D eigenvalue weighted by atomic mass is 32.1. The van der Waals surface area contributed by atoms with E-state index < -0.39 is 6.10 Å². The summed E-state index contributed by atoms with van der Waals surface area (Å²) in [4.78, 5) is 0.961. The van der Waals surface area contributed by atoms with E-state index in [1.807, 2.05) is 31.4 Å². The van der Waals surface area contributed by atoms with E-state index in [1.54, 1.807) is 11.3 Å². The van der Waals surface area contributed by atoms with Crippen molar-refractivity contribution in [3.63, 3.8) is 0 Å². The van der Waals surface area contributed by atoms with Gasteiger partial charge in [-0.25, -0.2) is 0 Å². The van der Waals surface area contributed by atoms with Crippen molar-refractivity contribution in [1.29, 1.82) is 0 Å². The van der Waals surface area contributed by atoms with Crippen molar-refractivity contribution in [3.8, 4) is 0 Å². The summed E-state index contributed by atoms with van der Waals surface area (Å²) in [5.74, 6) is 0.366. The molecule has 0 radical (unpaired) electrons. The van der Waals surface area contributed by atoms with Crippen LogP contribution in [0.3, 0.4) is 0 Å². The fourth-order valence-corrected chi connectivity index (χ4v) is 2.07. The first kappa shape index (κ1) is 12.6. The summed E-state index contributed by atoms with van der Waals surface area (Å²) in [5, 5.41) is 24.0. The second-order valence-corrected chi connectivity index (χ2v) is 4.95. The molecule has 1 unspecified atom stereocenters. The number of aliphatic hydroxyl groups is 2. The zero-order chi connectivity index (χ0) is 11.3. The third-order valence-electron chi connectivity index (χ3n) is 2.45. The molecule has 0 amide bonds. The fraction of sp³-hybridized carbons (Fsp3) is 0.636. The highest BCUT2D eigenvalue weighted by Gasteiger charge is 2.14. The van der Waals surface area contributed by atoms with Crippen LogP contribution >= 0.6 is 11.3 Å². The van der Waals surface area contributed by atoms with Crippen LogP contribution in [-0.4, -0.2) is 29.4 Å². The van der Waals surface area contributed by atoms with Crippen LogP contribution in [0.25, 0.3) is 0 Å². The molecule has 3 nitrogen and oxygen atoms in total. The molecule has 0 fully saturated rings. The third kappa shape index (κ3) is 3.91. The van der Waals surface area contributed by atoms with E-state index in [2.05, 4.69) is 5.32 Å². The van der Waals surface area contributed by atoms with Crippen molar-refractivity contribution in [2.45, 2.75) is 26.0 Å². The molecule has 0 spiro atoms. The van der Waals surface area contributed by atoms with E-state index >= 15 is 0 Å². The third-order valence-corrected chi connectivity index (χ3v) is 3.42. The Morgan fingerprint density at radius 2 is 2.20 bits per heavy atom. The van der Waals surface area contributed by atoms with Crippen molar-refractivity contribution >= 4 is 11.3 Å². The molecule has 1 aromatic heterocycles. The van der Waals surface area contributed by atoms with Gasteiger partial charge in [0.15, 0.2) is 0 Å². The first-order valence-corrected chi connectivity index (χ1v) is 6.08. The Bertz CT molecular complexity index is 262. The molecule has 3 N–H and O–H groups in total. The van der Waals surface area contributed by atoms with Gasteiger partial charge in [0.25, 0.3) is 0 Å². The molecule has 2 atom stereocenters. The number of hydrogen-bond acceptors (Lipinski definition) is 4. The highest BCUT2D eigenvalue weighted by molar-refractivity contribution is 7.10. The monoisotopic (exact) mass is 229 g/mol. The molecule has 0 bridgehead atoms. The van der Waals surface area contributed by atoms with Gasteiger partial charge in [0.1, 0.15) is 6.10 Å². The quantitative estimate of drug-likeness (QED) is 0.691. The van der Waals surface area contributed by atoms with Crippen molar-refractivity contribution in [2.75, 3.05) is 13.2 Å². The Balaban J connectivity index is 2.36. The van der Waals surface area contributed by atoms with Gasteiger partial charge in [0.2, 0.25) is 0 Å². The predicted molar refractivity (Wildman–Crippen MR) is 63.0 cm³/mol. The van der Waals surface area contributed by atoms with Gasteiger partial charge in [0, 0.05) is 17.5 Å². The van der Waals surface area contributed by atoms with E-state index in [9.17, 15) is 5.11 Å². The summed E-state index contributed by atoms with van der Waals surface area (Å²) in [7, 11) is 0. The normalized spacial score (nSPS) is 15.5. The average molecular weight is 229 g/mol. The van der Waals surface area contributed by atoms with Gasteiger partial charge in [-0.15, -0.1) is 11.3 Å². The first-order valence-electron chi connectivity index (χ1n) is 5.21. The smallest absolute Gasteiger partial charge is 0.101 e. The van der Waals surface area contributed by atoms with E-state index in [4.69, 9.17) is 5.11 Å². The molecule has 1 rings (SSSR count). The predicted octanol–water partition coefficient (Wildman–Crippen LogP) is 1.39. The zero-order valence-corrected chi connectivity index (χ0v) is 10.00. The van der Waals surface area contributed by atoms with E-state index in [1.165, 1.54) is 0 Å². The lowest BCUT2D eigenvalue weighted by atomic mass is 10.1. The molecular weight excluding hydrogens is 210 g/mol. The van der Waals surface area contributed by atoms with Crippen molar-refractivity contribution in [3.05, 3.63) is 22.4 Å². The maximum absolute atomic E-state index is 9.80. The fourth-order valence-electron chi connectivity index (χ4n) is 1.36. The molecule has 15 heavy (non-hydrogen) atoms. The minimum Gasteiger partial charge on any atom is -0.395 e. The molecule has 0 aromatic carbocycles. The number of thiophene rings is 1. The minimum atomic E-state index is -0.474. The average Bonchev–Trinajstić information content (AvgIpc) is 2.70. The largest absolute Gasteiger partial charge is 0.395 e. The van der Waals surface area contributed by atoms with Gasteiger partial charge in [-0.3, -0.25) is 0 Å². The molecule has 0 saturated carbocycles. The van der Waals surface area contributed by atoms with Crippen LogP contribution in [-0.2, 0) is 0 Å². The molecular formula is C11H19NO2S. The van der Waals surface area contributed by atoms with E-state index in [0.717, 1.165) is 4.88 Å². The molecule has 0 aliphatic rings. The number of aliphatic hydroxyl groups excluding tert-OH is 2. The summed E-state index contributed by atoms with van der Waals surface area (Å²) in [6.07, 6.45) is -0.474. The molecule has 0 aliphatic carbocycles. The van der Waals surface area contributed by atoms with Crippen LogP contribution in [0.4, 0.5) is 0 Å². The SMILES string of the molecule is CC(C)[C@@H](CO)NCC(O)c1cccs1. The van der Waals surface area contributed by atoms with Gasteiger partial charge >= 0.3 is 0 Å². The van der Waals surface area contributed by atoms with Crippen molar-refractivity contribution in [1.82, 2.24) is 5.32 Å². The van der Waals surface area contributed by atoms with Gasteiger partial charge < -0.3 is 15.5 Å². The molecule has 0 saturated heterocycles. The van der Waals surface area contributed by atoms with Crippen molar-refractivity contribution in [2.24, 2.45) is 5.92 Å². The van der Waals surface area contributed by atoms with Gasteiger partial charge in [0.05, 0.1) is 6.61 Å². The summed E-state index contributed by atoms with van der Waals surface area (Å²) < 4.78 is 0. The molecule has 0 aliphatic heterocycles. The number of hydrogen-bond donors (Lipinski definition) is 3. The minimum absolute atomic E-state index is 0.0552. The number of rotatable bonds is 6. The lowest BCUT2D eigenvalue weighted by molar-refractivity contribution is 0.151. The summed E-state index contributed by atoms with van der Waals surface area (Å²) in [6.45, 7) is 4.69. The molecule has 4 heteroatoms. The standard InChI is InChI=1S/C11H19NO2S/c1-8(2)9(7-13)12-6-10(14)11-4-3-5-15-11/h3-5,8-10,12-14H,6-7H2,1-2H3/t9-,10?/m1/s1. The molecule has 86 valence electrons. The van der Waals surface area contributed by atoms with Crippen LogP contribution in [0.2, 0.25) is 0 Å². The van der Waals surface area contributed by atoms with Gasteiger partial charge in [-0.05, 0) is 17.4 Å². The number of nitrogens with one attached hydrogen (secondary N) is 1. The van der Waals surface area contributed by atoms with Gasteiger partial charge in [-0.2, -0.15) is 0 Å². The van der Waals surface area contributed by atoms with E-state index in [-0.39, 0.29) is 12.6 Å². The Labute approximate surface area is 94.8 Å². The van der Waals surface area contributed by atoms with Crippen LogP contribution in [0.15, 0.2) is 17.5 Å². The second-order valence-electron chi connectivity index (χ2n) is 3.97. The maximum atomic E-state index is 9.80. The Kier molecular flexibility index (Phi) is 5.25. The van der Waals surface area contributed by atoms with Crippen molar-refractivity contribution < 1.29 is 10.2 Å². The van der Waals surface area contributed by atoms with Crippen LogP contribution in [0, 0.1) is 5.92 Å². The lowest BCUT2D eigenvalue weighted by Crippen LogP contribution is -2.39.